The minimum atomic E-state index is 0.201. The summed E-state index contributed by atoms with van der Waals surface area (Å²) in [7, 11) is 0. The molecule has 0 fully saturated rings. The lowest BCUT2D eigenvalue weighted by Crippen LogP contribution is -2.29. The van der Waals surface area contributed by atoms with Crippen LogP contribution in [0.25, 0.3) is 5.70 Å². The number of benzene rings is 2. The van der Waals surface area contributed by atoms with Gasteiger partial charge in [0.2, 0.25) is 0 Å². The molecule has 0 unspecified atom stereocenters. The van der Waals surface area contributed by atoms with Gasteiger partial charge in [0.25, 0.3) is 0 Å². The van der Waals surface area contributed by atoms with Crippen LogP contribution in [0.5, 0.6) is 0 Å². The van der Waals surface area contributed by atoms with E-state index in [1.54, 1.807) is 6.08 Å². The Morgan fingerprint density at radius 3 is 2.35 bits per heavy atom. The Kier molecular flexibility index (Phi) is 3.38. The smallest absolute Gasteiger partial charge is 0.159 e. The van der Waals surface area contributed by atoms with Crippen LogP contribution in [-0.4, -0.2) is 12.3 Å². The van der Waals surface area contributed by atoms with Gasteiger partial charge in [-0.2, -0.15) is 0 Å². The van der Waals surface area contributed by atoms with Crippen LogP contribution < -0.4 is 4.90 Å². The maximum Gasteiger partial charge on any atom is 0.159 e. The second-order valence-corrected chi connectivity index (χ2v) is 5.10. The average molecular weight is 263 g/mol. The highest BCUT2D eigenvalue weighted by molar-refractivity contribution is 6.02. The van der Waals surface area contributed by atoms with Crippen molar-refractivity contribution in [1.29, 1.82) is 0 Å². The summed E-state index contributed by atoms with van der Waals surface area (Å²) in [6, 6.07) is 18.5. The van der Waals surface area contributed by atoms with Crippen molar-refractivity contribution in [3.63, 3.8) is 0 Å². The summed E-state index contributed by atoms with van der Waals surface area (Å²) < 4.78 is 0. The molecular formula is C18H17NO. The third-order valence-corrected chi connectivity index (χ3v) is 3.59. The van der Waals surface area contributed by atoms with Crippen molar-refractivity contribution in [2.45, 2.75) is 13.3 Å². The van der Waals surface area contributed by atoms with Crippen molar-refractivity contribution >= 4 is 17.2 Å². The van der Waals surface area contributed by atoms with Crippen molar-refractivity contribution in [1.82, 2.24) is 0 Å². The van der Waals surface area contributed by atoms with Crippen LogP contribution in [0, 0.1) is 6.92 Å². The van der Waals surface area contributed by atoms with E-state index in [4.69, 9.17) is 0 Å². The quantitative estimate of drug-likeness (QED) is 0.821. The van der Waals surface area contributed by atoms with Crippen LogP contribution in [0.1, 0.15) is 17.5 Å². The normalized spacial score (nSPS) is 15.2. The molecule has 2 aromatic carbocycles. The van der Waals surface area contributed by atoms with Gasteiger partial charge in [-0.3, -0.25) is 4.79 Å². The summed E-state index contributed by atoms with van der Waals surface area (Å²) in [5.41, 5.74) is 4.46. The fourth-order valence-corrected chi connectivity index (χ4v) is 2.49. The van der Waals surface area contributed by atoms with E-state index in [0.717, 1.165) is 23.5 Å². The number of nitrogens with zero attached hydrogens (tertiary/aromatic N) is 1. The van der Waals surface area contributed by atoms with E-state index in [0.29, 0.717) is 6.42 Å². The third kappa shape index (κ3) is 2.50. The van der Waals surface area contributed by atoms with Crippen molar-refractivity contribution in [3.8, 4) is 0 Å². The first-order valence-electron chi connectivity index (χ1n) is 6.88. The number of rotatable bonds is 2. The Bertz CT molecular complexity index is 641. The van der Waals surface area contributed by atoms with Crippen molar-refractivity contribution in [2.75, 3.05) is 11.4 Å². The van der Waals surface area contributed by atoms with E-state index in [1.807, 2.05) is 30.3 Å². The Morgan fingerprint density at radius 2 is 1.65 bits per heavy atom. The zero-order valence-electron chi connectivity index (χ0n) is 11.5. The lowest BCUT2D eigenvalue weighted by Gasteiger charge is -2.30. The molecule has 0 N–H and O–H groups in total. The third-order valence-electron chi connectivity index (χ3n) is 3.59. The van der Waals surface area contributed by atoms with Crippen LogP contribution in [0.2, 0.25) is 0 Å². The highest BCUT2D eigenvalue weighted by Gasteiger charge is 2.20. The molecule has 0 radical (unpaired) electrons. The molecule has 0 saturated carbocycles. The van der Waals surface area contributed by atoms with Crippen molar-refractivity contribution < 1.29 is 4.79 Å². The molecule has 2 heteroatoms. The number of ketones is 1. The molecule has 2 nitrogen and oxygen atoms in total. The van der Waals surface area contributed by atoms with Crippen LogP contribution in [0.15, 0.2) is 60.7 Å². The minimum Gasteiger partial charge on any atom is -0.340 e. The van der Waals surface area contributed by atoms with Crippen molar-refractivity contribution in [3.05, 3.63) is 71.8 Å². The predicted octanol–water partition coefficient (Wildman–Crippen LogP) is 3.82. The number of hydrogen-bond donors (Lipinski definition) is 0. The van der Waals surface area contributed by atoms with Gasteiger partial charge in [-0.05, 0) is 24.6 Å². The summed E-state index contributed by atoms with van der Waals surface area (Å²) in [6.07, 6.45) is 2.34. The molecular weight excluding hydrogens is 246 g/mol. The number of carbonyl (C=O) groups excluding carboxylic acids is 1. The zero-order chi connectivity index (χ0) is 13.9. The molecule has 0 spiro atoms. The van der Waals surface area contributed by atoms with Crippen molar-refractivity contribution in [2.24, 2.45) is 0 Å². The van der Waals surface area contributed by atoms with E-state index in [1.165, 1.54) is 5.56 Å². The van der Waals surface area contributed by atoms with Gasteiger partial charge in [-0.1, -0.05) is 48.0 Å². The molecule has 0 atom stereocenters. The molecule has 0 bridgehead atoms. The first-order valence-corrected chi connectivity index (χ1v) is 6.88. The molecule has 1 aliphatic heterocycles. The molecule has 3 rings (SSSR count). The maximum absolute atomic E-state index is 11.8. The second kappa shape index (κ2) is 5.33. The van der Waals surface area contributed by atoms with E-state index in [-0.39, 0.29) is 5.78 Å². The molecule has 0 saturated heterocycles. The summed E-state index contributed by atoms with van der Waals surface area (Å²) in [4.78, 5) is 14.0. The molecule has 0 aromatic heterocycles. The molecule has 20 heavy (non-hydrogen) atoms. The molecule has 1 aliphatic rings. The summed E-state index contributed by atoms with van der Waals surface area (Å²) in [5, 5.41) is 0. The van der Waals surface area contributed by atoms with Gasteiger partial charge in [0.05, 0.1) is 5.70 Å². The van der Waals surface area contributed by atoms with Crippen LogP contribution in [-0.2, 0) is 4.79 Å². The summed E-state index contributed by atoms with van der Waals surface area (Å²) in [5.74, 6) is 0.201. The maximum atomic E-state index is 11.8. The van der Waals surface area contributed by atoms with Gasteiger partial charge in [0.1, 0.15) is 0 Å². The first kappa shape index (κ1) is 12.7. The summed E-state index contributed by atoms with van der Waals surface area (Å²) >= 11 is 0. The van der Waals surface area contributed by atoms with Gasteiger partial charge in [-0.15, -0.1) is 0 Å². The first-order chi connectivity index (χ1) is 9.74. The van der Waals surface area contributed by atoms with E-state index < -0.39 is 0 Å². The highest BCUT2D eigenvalue weighted by atomic mass is 16.1. The molecule has 100 valence electrons. The van der Waals surface area contributed by atoms with Gasteiger partial charge >= 0.3 is 0 Å². The number of hydrogen-bond acceptors (Lipinski definition) is 2. The number of allylic oxidation sites excluding steroid dienone is 1. The lowest BCUT2D eigenvalue weighted by molar-refractivity contribution is -0.114. The molecule has 0 aliphatic carbocycles. The van der Waals surface area contributed by atoms with Gasteiger partial charge in [0, 0.05) is 24.7 Å². The Hall–Kier alpha value is -2.35. The van der Waals surface area contributed by atoms with E-state index >= 15 is 0 Å². The lowest BCUT2D eigenvalue weighted by atomic mass is 10.0. The highest BCUT2D eigenvalue weighted by Crippen LogP contribution is 2.29. The Labute approximate surface area is 119 Å². The standard InChI is InChI=1S/C18H17NO/c1-14-7-9-16(10-8-14)19-12-11-17(20)13-18(19)15-5-3-2-4-6-15/h2-10,13H,11-12H2,1H3. The number of carbonyl (C=O) groups is 1. The number of anilines is 1. The largest absolute Gasteiger partial charge is 0.340 e. The predicted molar refractivity (Wildman–Crippen MR) is 82.6 cm³/mol. The van der Waals surface area contributed by atoms with E-state index in [9.17, 15) is 4.79 Å². The van der Waals surface area contributed by atoms with Gasteiger partial charge in [-0.25, -0.2) is 0 Å². The van der Waals surface area contributed by atoms with Crippen LogP contribution in [0.3, 0.4) is 0 Å². The monoisotopic (exact) mass is 263 g/mol. The minimum absolute atomic E-state index is 0.201. The topological polar surface area (TPSA) is 20.3 Å². The molecule has 2 aromatic rings. The van der Waals surface area contributed by atoms with E-state index in [2.05, 4.69) is 36.1 Å². The van der Waals surface area contributed by atoms with Crippen LogP contribution in [0.4, 0.5) is 5.69 Å². The fourth-order valence-electron chi connectivity index (χ4n) is 2.49. The van der Waals surface area contributed by atoms with Gasteiger partial charge in [0.15, 0.2) is 5.78 Å². The van der Waals surface area contributed by atoms with Crippen LogP contribution >= 0.6 is 0 Å². The molecule has 1 heterocycles. The average Bonchev–Trinajstić information content (AvgIpc) is 2.49. The zero-order valence-corrected chi connectivity index (χ0v) is 11.5. The SMILES string of the molecule is Cc1ccc(N2CCC(=O)C=C2c2ccccc2)cc1. The van der Waals surface area contributed by atoms with Gasteiger partial charge < -0.3 is 4.90 Å². The Morgan fingerprint density at radius 1 is 0.950 bits per heavy atom. The Balaban J connectivity index is 2.03. The second-order valence-electron chi connectivity index (χ2n) is 5.10. The number of aryl methyl sites for hydroxylation is 1. The molecule has 0 amide bonds. The fraction of sp³-hybridized carbons (Fsp3) is 0.167. The summed E-state index contributed by atoms with van der Waals surface area (Å²) in [6.45, 7) is 2.82.